The molecule has 0 saturated heterocycles. The number of nitrogens with two attached hydrogens (primary N) is 1. The van der Waals surface area contributed by atoms with Gasteiger partial charge in [-0.15, -0.1) is 0 Å². The zero-order valence-corrected chi connectivity index (χ0v) is 14.6. The van der Waals surface area contributed by atoms with Gasteiger partial charge >= 0.3 is 6.03 Å². The van der Waals surface area contributed by atoms with E-state index in [0.717, 1.165) is 12.8 Å². The molecule has 0 aromatic heterocycles. The predicted octanol–water partition coefficient (Wildman–Crippen LogP) is 0.463. The number of urea groups is 1. The van der Waals surface area contributed by atoms with Gasteiger partial charge in [0.15, 0.2) is 0 Å². The predicted molar refractivity (Wildman–Crippen MR) is 87.4 cm³/mol. The number of methoxy groups -OCH3 is 1. The van der Waals surface area contributed by atoms with Gasteiger partial charge in [-0.3, -0.25) is 20.2 Å². The molecule has 8 heteroatoms. The van der Waals surface area contributed by atoms with Crippen LogP contribution in [0.3, 0.4) is 0 Å². The molecule has 0 saturated carbocycles. The fourth-order valence-corrected chi connectivity index (χ4v) is 2.09. The van der Waals surface area contributed by atoms with Crippen molar-refractivity contribution in [3.63, 3.8) is 0 Å². The number of amides is 4. The molecule has 1 unspecified atom stereocenters. The summed E-state index contributed by atoms with van der Waals surface area (Å²) in [5.41, 5.74) is 4.96. The summed E-state index contributed by atoms with van der Waals surface area (Å²) in [5.74, 6) is -0.786. The Balaban J connectivity index is 4.73. The Bertz CT molecular complexity index is 401. The van der Waals surface area contributed by atoms with Crippen molar-refractivity contribution in [1.29, 1.82) is 0 Å². The van der Waals surface area contributed by atoms with Gasteiger partial charge in [0.05, 0.1) is 6.04 Å². The normalized spacial score (nSPS) is 14.9. The number of rotatable bonds is 10. The quantitative estimate of drug-likeness (QED) is 0.434. The van der Waals surface area contributed by atoms with Gasteiger partial charge in [-0.25, -0.2) is 4.79 Å². The number of hydrogen-bond acceptors (Lipinski definition) is 5. The third kappa shape index (κ3) is 9.14. The molecule has 0 aliphatic rings. The van der Waals surface area contributed by atoms with Gasteiger partial charge < -0.3 is 15.8 Å². The van der Waals surface area contributed by atoms with Gasteiger partial charge in [0.1, 0.15) is 12.3 Å². The minimum absolute atomic E-state index is 0.161. The first-order valence-electron chi connectivity index (χ1n) is 7.90. The molecule has 8 nitrogen and oxygen atoms in total. The van der Waals surface area contributed by atoms with Gasteiger partial charge in [-0.1, -0.05) is 27.2 Å². The second-order valence-electron chi connectivity index (χ2n) is 5.95. The lowest BCUT2D eigenvalue weighted by molar-refractivity contribution is -0.130. The zero-order chi connectivity index (χ0) is 18.0. The van der Waals surface area contributed by atoms with Crippen molar-refractivity contribution >= 4 is 17.8 Å². The maximum Gasteiger partial charge on any atom is 0.318 e. The van der Waals surface area contributed by atoms with E-state index in [0.29, 0.717) is 6.42 Å². The van der Waals surface area contributed by atoms with Crippen LogP contribution in [-0.4, -0.2) is 43.3 Å². The average molecular weight is 330 g/mol. The lowest BCUT2D eigenvalue weighted by atomic mass is 10.0. The smallest absolute Gasteiger partial charge is 0.318 e. The van der Waals surface area contributed by atoms with Crippen molar-refractivity contribution in [3.8, 4) is 0 Å². The van der Waals surface area contributed by atoms with E-state index in [9.17, 15) is 14.4 Å². The summed E-state index contributed by atoms with van der Waals surface area (Å²) >= 11 is 0. The largest absolute Gasteiger partial charge is 0.367 e. The van der Waals surface area contributed by atoms with Crippen molar-refractivity contribution in [2.75, 3.05) is 7.11 Å². The number of hydrogen-bond donors (Lipinski definition) is 4. The Kier molecular flexibility index (Phi) is 10.2. The maximum absolute atomic E-state index is 12.3. The molecule has 0 spiro atoms. The highest BCUT2D eigenvalue weighted by Crippen LogP contribution is 2.06. The highest BCUT2D eigenvalue weighted by Gasteiger charge is 2.26. The lowest BCUT2D eigenvalue weighted by Gasteiger charge is -2.24. The third-order valence-electron chi connectivity index (χ3n) is 3.25. The Labute approximate surface area is 137 Å². The van der Waals surface area contributed by atoms with Gasteiger partial charge in [0.2, 0.25) is 5.91 Å². The van der Waals surface area contributed by atoms with Crippen LogP contribution in [-0.2, 0) is 14.3 Å². The van der Waals surface area contributed by atoms with Crippen LogP contribution in [0.5, 0.6) is 0 Å². The van der Waals surface area contributed by atoms with Crippen LogP contribution in [0.25, 0.3) is 0 Å². The van der Waals surface area contributed by atoms with Crippen LogP contribution < -0.4 is 21.7 Å². The monoisotopic (exact) mass is 330 g/mol. The SMILES string of the molecule is CCCC(N[C@H](C)C(=O)N[C@@H](CC(C)C)C(=O)NC(N)=O)OC. The summed E-state index contributed by atoms with van der Waals surface area (Å²) in [4.78, 5) is 35.0. The van der Waals surface area contributed by atoms with Crippen molar-refractivity contribution < 1.29 is 19.1 Å². The molecule has 3 atom stereocenters. The van der Waals surface area contributed by atoms with Crippen molar-refractivity contribution in [3.05, 3.63) is 0 Å². The molecule has 0 rings (SSSR count). The number of nitrogens with one attached hydrogen (secondary N) is 3. The molecule has 134 valence electrons. The van der Waals surface area contributed by atoms with Gasteiger partial charge in [0.25, 0.3) is 5.91 Å². The van der Waals surface area contributed by atoms with E-state index in [2.05, 4.69) is 10.6 Å². The highest BCUT2D eigenvalue weighted by molar-refractivity contribution is 5.98. The van der Waals surface area contributed by atoms with Crippen LogP contribution >= 0.6 is 0 Å². The second-order valence-corrected chi connectivity index (χ2v) is 5.95. The molecule has 0 bridgehead atoms. The van der Waals surface area contributed by atoms with Crippen LogP contribution in [0.1, 0.15) is 47.0 Å². The average Bonchev–Trinajstić information content (AvgIpc) is 2.44. The molecule has 5 N–H and O–H groups in total. The van der Waals surface area contributed by atoms with Crippen molar-refractivity contribution in [2.24, 2.45) is 11.7 Å². The molecule has 0 aromatic rings. The number of ether oxygens (including phenoxy) is 1. The van der Waals surface area contributed by atoms with Gasteiger partial charge in [-0.05, 0) is 25.7 Å². The Morgan fingerprint density at radius 1 is 1.13 bits per heavy atom. The summed E-state index contributed by atoms with van der Waals surface area (Å²) in [6.45, 7) is 7.54. The minimum Gasteiger partial charge on any atom is -0.367 e. The second kappa shape index (κ2) is 11.0. The van der Waals surface area contributed by atoms with E-state index < -0.39 is 24.0 Å². The topological polar surface area (TPSA) is 123 Å². The molecule has 23 heavy (non-hydrogen) atoms. The van der Waals surface area contributed by atoms with Gasteiger partial charge in [-0.2, -0.15) is 0 Å². The maximum atomic E-state index is 12.3. The zero-order valence-electron chi connectivity index (χ0n) is 14.6. The molecular formula is C15H30N4O4. The standard InChI is InChI=1S/C15H30N4O4/c1-6-7-12(23-5)17-10(4)13(20)18-11(8-9(2)3)14(21)19-15(16)22/h9-12,17H,6-8H2,1-5H3,(H,18,20)(H3,16,19,21,22)/t10-,11+,12?/m1/s1. The number of carbonyl (C=O) groups is 3. The molecule has 0 fully saturated rings. The van der Waals surface area contributed by atoms with E-state index in [4.69, 9.17) is 10.5 Å². The highest BCUT2D eigenvalue weighted by atomic mass is 16.5. The fraction of sp³-hybridized carbons (Fsp3) is 0.800. The van der Waals surface area contributed by atoms with Crippen LogP contribution in [0, 0.1) is 5.92 Å². The first-order chi connectivity index (χ1) is 10.7. The summed E-state index contributed by atoms with van der Waals surface area (Å²) in [6, 6.07) is -2.29. The Morgan fingerprint density at radius 2 is 1.74 bits per heavy atom. The summed E-state index contributed by atoms with van der Waals surface area (Å²) in [7, 11) is 1.57. The number of primary amides is 1. The first-order valence-corrected chi connectivity index (χ1v) is 7.90. The van der Waals surface area contributed by atoms with E-state index >= 15 is 0 Å². The van der Waals surface area contributed by atoms with E-state index in [1.165, 1.54) is 0 Å². The molecule has 0 aliphatic carbocycles. The van der Waals surface area contributed by atoms with Crippen molar-refractivity contribution in [2.45, 2.75) is 65.3 Å². The Morgan fingerprint density at radius 3 is 2.17 bits per heavy atom. The fourth-order valence-electron chi connectivity index (χ4n) is 2.09. The van der Waals surface area contributed by atoms with E-state index in [1.807, 2.05) is 26.1 Å². The summed E-state index contributed by atoms with van der Waals surface area (Å²) in [5, 5.41) is 7.70. The van der Waals surface area contributed by atoms with Gasteiger partial charge in [0, 0.05) is 7.11 Å². The minimum atomic E-state index is -0.938. The van der Waals surface area contributed by atoms with Crippen LogP contribution in [0.4, 0.5) is 4.79 Å². The van der Waals surface area contributed by atoms with Crippen LogP contribution in [0.2, 0.25) is 0 Å². The van der Waals surface area contributed by atoms with E-state index in [1.54, 1.807) is 14.0 Å². The molecule has 0 aromatic carbocycles. The summed E-state index contributed by atoms with van der Waals surface area (Å²) < 4.78 is 5.25. The number of imide groups is 1. The molecule has 0 aliphatic heterocycles. The molecular weight excluding hydrogens is 300 g/mol. The number of carbonyl (C=O) groups excluding carboxylic acids is 3. The summed E-state index contributed by atoms with van der Waals surface area (Å²) in [6.07, 6.45) is 1.85. The van der Waals surface area contributed by atoms with E-state index in [-0.39, 0.29) is 18.1 Å². The van der Waals surface area contributed by atoms with Crippen LogP contribution in [0.15, 0.2) is 0 Å². The lowest BCUT2D eigenvalue weighted by Crippen LogP contribution is -2.55. The molecule has 4 amide bonds. The Hall–Kier alpha value is -1.67. The molecule has 0 heterocycles. The third-order valence-corrected chi connectivity index (χ3v) is 3.25. The molecule has 0 radical (unpaired) electrons. The first kappa shape index (κ1) is 21.3. The van der Waals surface area contributed by atoms with Crippen molar-refractivity contribution in [1.82, 2.24) is 16.0 Å².